The van der Waals surface area contributed by atoms with Crippen molar-refractivity contribution in [3.05, 3.63) is 30.0 Å². The number of aromatic nitrogens is 2. The molecular weight excluding hydrogens is 214 g/mol. The van der Waals surface area contributed by atoms with E-state index in [-0.39, 0.29) is 6.04 Å². The first-order chi connectivity index (χ1) is 8.27. The summed E-state index contributed by atoms with van der Waals surface area (Å²) in [7, 11) is 3.69. The first-order valence-electron chi connectivity index (χ1n) is 5.91. The summed E-state index contributed by atoms with van der Waals surface area (Å²) in [5.41, 5.74) is 2.22. The lowest BCUT2D eigenvalue weighted by Crippen LogP contribution is -2.25. The van der Waals surface area contributed by atoms with Crippen molar-refractivity contribution in [3.8, 4) is 0 Å². The number of benzene rings is 1. The van der Waals surface area contributed by atoms with Crippen LogP contribution in [0.1, 0.15) is 18.7 Å². The van der Waals surface area contributed by atoms with Crippen LogP contribution in [0, 0.1) is 0 Å². The van der Waals surface area contributed by atoms with Gasteiger partial charge < -0.3 is 10.1 Å². The van der Waals surface area contributed by atoms with Gasteiger partial charge in [0, 0.05) is 19.5 Å². The van der Waals surface area contributed by atoms with E-state index >= 15 is 0 Å². The number of aryl methyl sites for hydroxylation is 1. The second kappa shape index (κ2) is 5.29. The maximum atomic E-state index is 5.26. The minimum Gasteiger partial charge on any atom is -0.383 e. The zero-order valence-corrected chi connectivity index (χ0v) is 10.6. The Kier molecular flexibility index (Phi) is 3.76. The minimum absolute atomic E-state index is 0.149. The van der Waals surface area contributed by atoms with E-state index < -0.39 is 0 Å². The Morgan fingerprint density at radius 2 is 2.18 bits per heavy atom. The molecule has 1 unspecified atom stereocenters. The monoisotopic (exact) mass is 233 g/mol. The van der Waals surface area contributed by atoms with Crippen molar-refractivity contribution in [3.63, 3.8) is 0 Å². The molecule has 2 rings (SSSR count). The lowest BCUT2D eigenvalue weighted by atomic mass is 10.1. The lowest BCUT2D eigenvalue weighted by Gasteiger charge is -2.14. The Hall–Kier alpha value is -1.39. The molecule has 0 aliphatic heterocycles. The van der Waals surface area contributed by atoms with Gasteiger partial charge in [0.25, 0.3) is 0 Å². The SMILES string of the molecule is CCNC(COC)c1nn(C)c2ccccc12. The van der Waals surface area contributed by atoms with E-state index in [0.717, 1.165) is 17.8 Å². The maximum Gasteiger partial charge on any atom is 0.0896 e. The predicted octanol–water partition coefficient (Wildman–Crippen LogP) is 1.87. The number of rotatable bonds is 5. The number of hydrogen-bond donors (Lipinski definition) is 1. The van der Waals surface area contributed by atoms with Crippen molar-refractivity contribution < 1.29 is 4.74 Å². The van der Waals surface area contributed by atoms with E-state index in [4.69, 9.17) is 4.74 Å². The van der Waals surface area contributed by atoms with E-state index in [1.165, 1.54) is 5.39 Å². The van der Waals surface area contributed by atoms with Crippen LogP contribution < -0.4 is 5.32 Å². The molecule has 4 heteroatoms. The number of para-hydroxylation sites is 1. The smallest absolute Gasteiger partial charge is 0.0896 e. The number of likely N-dealkylation sites (N-methyl/N-ethyl adjacent to an activating group) is 1. The molecule has 2 aromatic rings. The largest absolute Gasteiger partial charge is 0.383 e. The Morgan fingerprint density at radius 3 is 2.88 bits per heavy atom. The molecule has 0 saturated carbocycles. The van der Waals surface area contributed by atoms with Gasteiger partial charge in [-0.3, -0.25) is 4.68 Å². The van der Waals surface area contributed by atoms with Gasteiger partial charge in [0.15, 0.2) is 0 Å². The Balaban J connectivity index is 2.45. The van der Waals surface area contributed by atoms with Crippen molar-refractivity contribution in [2.75, 3.05) is 20.3 Å². The molecule has 0 fully saturated rings. The third-order valence-electron chi connectivity index (χ3n) is 2.90. The van der Waals surface area contributed by atoms with Gasteiger partial charge in [0.1, 0.15) is 0 Å². The van der Waals surface area contributed by atoms with E-state index in [0.29, 0.717) is 6.61 Å². The summed E-state index contributed by atoms with van der Waals surface area (Å²) in [5, 5.41) is 9.20. The number of nitrogens with zero attached hydrogens (tertiary/aromatic N) is 2. The number of ether oxygens (including phenoxy) is 1. The van der Waals surface area contributed by atoms with E-state index in [1.807, 2.05) is 23.9 Å². The van der Waals surface area contributed by atoms with Crippen molar-refractivity contribution in [2.24, 2.45) is 7.05 Å². The van der Waals surface area contributed by atoms with Gasteiger partial charge in [-0.1, -0.05) is 25.1 Å². The molecule has 4 nitrogen and oxygen atoms in total. The Labute approximate surface area is 102 Å². The highest BCUT2D eigenvalue weighted by molar-refractivity contribution is 5.82. The van der Waals surface area contributed by atoms with Gasteiger partial charge in [0.05, 0.1) is 23.9 Å². The molecule has 0 amide bonds. The zero-order valence-electron chi connectivity index (χ0n) is 10.6. The average molecular weight is 233 g/mol. The number of fused-ring (bicyclic) bond motifs is 1. The second-order valence-corrected chi connectivity index (χ2v) is 4.09. The molecule has 0 spiro atoms. The summed E-state index contributed by atoms with van der Waals surface area (Å²) in [6.45, 7) is 3.63. The number of nitrogens with one attached hydrogen (secondary N) is 1. The molecule has 0 bridgehead atoms. The summed E-state index contributed by atoms with van der Waals surface area (Å²) in [4.78, 5) is 0. The molecule has 0 aliphatic carbocycles. The topological polar surface area (TPSA) is 39.1 Å². The fraction of sp³-hybridized carbons (Fsp3) is 0.462. The average Bonchev–Trinajstić information content (AvgIpc) is 2.67. The first-order valence-corrected chi connectivity index (χ1v) is 5.91. The van der Waals surface area contributed by atoms with Crippen LogP contribution in [0.15, 0.2) is 24.3 Å². The molecule has 17 heavy (non-hydrogen) atoms. The zero-order chi connectivity index (χ0) is 12.3. The van der Waals surface area contributed by atoms with Gasteiger partial charge in [-0.2, -0.15) is 5.10 Å². The van der Waals surface area contributed by atoms with Crippen molar-refractivity contribution >= 4 is 10.9 Å². The Morgan fingerprint density at radius 1 is 1.41 bits per heavy atom. The van der Waals surface area contributed by atoms with Crippen molar-refractivity contribution in [1.82, 2.24) is 15.1 Å². The standard InChI is InChI=1S/C13H19N3O/c1-4-14-11(9-17-3)13-10-7-5-6-8-12(10)16(2)15-13/h5-8,11,14H,4,9H2,1-3H3. The van der Waals surface area contributed by atoms with E-state index in [2.05, 4.69) is 29.5 Å². The van der Waals surface area contributed by atoms with Gasteiger partial charge in [0.2, 0.25) is 0 Å². The molecule has 1 aromatic carbocycles. The quantitative estimate of drug-likeness (QED) is 0.857. The summed E-state index contributed by atoms with van der Waals surface area (Å²) < 4.78 is 7.18. The van der Waals surface area contributed by atoms with Crippen LogP contribution >= 0.6 is 0 Å². The molecule has 0 radical (unpaired) electrons. The summed E-state index contributed by atoms with van der Waals surface area (Å²) in [5.74, 6) is 0. The van der Waals surface area contributed by atoms with Gasteiger partial charge in [-0.15, -0.1) is 0 Å². The number of hydrogen-bond acceptors (Lipinski definition) is 3. The van der Waals surface area contributed by atoms with Crippen molar-refractivity contribution in [2.45, 2.75) is 13.0 Å². The van der Waals surface area contributed by atoms with Gasteiger partial charge in [-0.05, 0) is 12.6 Å². The molecule has 92 valence electrons. The summed E-state index contributed by atoms with van der Waals surface area (Å²) >= 11 is 0. The molecule has 1 heterocycles. The third kappa shape index (κ3) is 2.33. The molecule has 1 atom stereocenters. The normalized spacial score (nSPS) is 13.1. The number of methoxy groups -OCH3 is 1. The van der Waals surface area contributed by atoms with Crippen LogP contribution in [-0.4, -0.2) is 30.0 Å². The highest BCUT2D eigenvalue weighted by Crippen LogP contribution is 2.23. The molecule has 1 aromatic heterocycles. The molecule has 0 aliphatic rings. The maximum absolute atomic E-state index is 5.26. The third-order valence-corrected chi connectivity index (χ3v) is 2.90. The van der Waals surface area contributed by atoms with Crippen LogP contribution in [0.2, 0.25) is 0 Å². The van der Waals surface area contributed by atoms with E-state index in [1.54, 1.807) is 7.11 Å². The fourth-order valence-corrected chi connectivity index (χ4v) is 2.15. The molecular formula is C13H19N3O. The van der Waals surface area contributed by atoms with Crippen LogP contribution in [0.3, 0.4) is 0 Å². The highest BCUT2D eigenvalue weighted by Gasteiger charge is 2.17. The Bertz CT molecular complexity index is 486. The minimum atomic E-state index is 0.149. The van der Waals surface area contributed by atoms with Crippen LogP contribution in [0.25, 0.3) is 10.9 Å². The van der Waals surface area contributed by atoms with Crippen LogP contribution in [-0.2, 0) is 11.8 Å². The fourth-order valence-electron chi connectivity index (χ4n) is 2.15. The molecule has 1 N–H and O–H groups in total. The first kappa shape index (κ1) is 12.1. The predicted molar refractivity (Wildman–Crippen MR) is 69.0 cm³/mol. The lowest BCUT2D eigenvalue weighted by molar-refractivity contribution is 0.166. The highest BCUT2D eigenvalue weighted by atomic mass is 16.5. The van der Waals surface area contributed by atoms with Gasteiger partial charge in [-0.25, -0.2) is 0 Å². The second-order valence-electron chi connectivity index (χ2n) is 4.09. The molecule has 0 saturated heterocycles. The summed E-state index contributed by atoms with van der Waals surface area (Å²) in [6, 6.07) is 8.42. The van der Waals surface area contributed by atoms with Crippen LogP contribution in [0.4, 0.5) is 0 Å². The van der Waals surface area contributed by atoms with Crippen LogP contribution in [0.5, 0.6) is 0 Å². The summed E-state index contributed by atoms with van der Waals surface area (Å²) in [6.07, 6.45) is 0. The van der Waals surface area contributed by atoms with Crippen molar-refractivity contribution in [1.29, 1.82) is 0 Å². The van der Waals surface area contributed by atoms with E-state index in [9.17, 15) is 0 Å². The van der Waals surface area contributed by atoms with Gasteiger partial charge >= 0.3 is 0 Å².